The fourth-order valence-corrected chi connectivity index (χ4v) is 2.89. The van der Waals surface area contributed by atoms with Crippen LogP contribution in [-0.2, 0) is 4.79 Å². The molecule has 4 nitrogen and oxygen atoms in total. The van der Waals surface area contributed by atoms with Crippen molar-refractivity contribution in [2.75, 3.05) is 26.2 Å². The molecule has 1 fully saturated rings. The average Bonchev–Trinajstić information content (AvgIpc) is 2.47. The summed E-state index contributed by atoms with van der Waals surface area (Å²) in [6.45, 7) is 4.31. The largest absolute Gasteiger partial charge is 0.396 e. The van der Waals surface area contributed by atoms with Crippen LogP contribution in [0.5, 0.6) is 0 Å². The minimum Gasteiger partial charge on any atom is -0.396 e. The van der Waals surface area contributed by atoms with Gasteiger partial charge >= 0.3 is 0 Å². The second kappa shape index (κ2) is 7.78. The summed E-state index contributed by atoms with van der Waals surface area (Å²) in [5.74, 6) is 0.330. The molecule has 2 rings (SSSR count). The second-order valence-electron chi connectivity index (χ2n) is 5.77. The molecule has 1 aromatic rings. The van der Waals surface area contributed by atoms with Gasteiger partial charge in [0.2, 0.25) is 5.91 Å². The van der Waals surface area contributed by atoms with Gasteiger partial charge in [-0.3, -0.25) is 9.69 Å². The van der Waals surface area contributed by atoms with Gasteiger partial charge in [-0.25, -0.2) is 0 Å². The average molecular weight is 311 g/mol. The lowest BCUT2D eigenvalue weighted by molar-refractivity contribution is -0.123. The topological polar surface area (TPSA) is 52.6 Å². The van der Waals surface area contributed by atoms with E-state index in [0.717, 1.165) is 31.5 Å². The molecule has 0 aliphatic carbocycles. The Morgan fingerprint density at radius 3 is 2.86 bits per heavy atom. The van der Waals surface area contributed by atoms with Crippen LogP contribution in [0.1, 0.15) is 31.4 Å². The molecule has 1 aliphatic rings. The SMILES string of the molecule is CC(NC(=O)CN1CCCC(CO)C1)c1ccc(Cl)cc1. The highest BCUT2D eigenvalue weighted by molar-refractivity contribution is 6.30. The van der Waals surface area contributed by atoms with Gasteiger partial charge in [0.15, 0.2) is 0 Å². The summed E-state index contributed by atoms with van der Waals surface area (Å²) < 4.78 is 0. The fourth-order valence-electron chi connectivity index (χ4n) is 2.77. The van der Waals surface area contributed by atoms with E-state index in [0.29, 0.717) is 17.5 Å². The number of carbonyl (C=O) groups excluding carboxylic acids is 1. The van der Waals surface area contributed by atoms with E-state index in [9.17, 15) is 9.90 Å². The monoisotopic (exact) mass is 310 g/mol. The van der Waals surface area contributed by atoms with Crippen molar-refractivity contribution in [3.63, 3.8) is 0 Å². The molecule has 0 saturated carbocycles. The van der Waals surface area contributed by atoms with Crippen LogP contribution in [0.3, 0.4) is 0 Å². The molecular weight excluding hydrogens is 288 g/mol. The van der Waals surface area contributed by atoms with Crippen molar-refractivity contribution < 1.29 is 9.90 Å². The van der Waals surface area contributed by atoms with E-state index < -0.39 is 0 Å². The summed E-state index contributed by atoms with van der Waals surface area (Å²) in [6, 6.07) is 7.48. The quantitative estimate of drug-likeness (QED) is 0.877. The van der Waals surface area contributed by atoms with Gasteiger partial charge < -0.3 is 10.4 Å². The van der Waals surface area contributed by atoms with Gasteiger partial charge in [0.05, 0.1) is 12.6 Å². The molecule has 0 spiro atoms. The van der Waals surface area contributed by atoms with E-state index in [1.54, 1.807) is 0 Å². The molecule has 1 aromatic carbocycles. The number of nitrogens with one attached hydrogen (secondary N) is 1. The number of hydrogen-bond acceptors (Lipinski definition) is 3. The van der Waals surface area contributed by atoms with Crippen molar-refractivity contribution in [2.45, 2.75) is 25.8 Å². The summed E-state index contributed by atoms with van der Waals surface area (Å²) in [5.41, 5.74) is 1.04. The van der Waals surface area contributed by atoms with Crippen molar-refractivity contribution in [1.29, 1.82) is 0 Å². The molecule has 116 valence electrons. The number of likely N-dealkylation sites (tertiary alicyclic amines) is 1. The number of hydrogen-bond donors (Lipinski definition) is 2. The first-order valence-corrected chi connectivity index (χ1v) is 7.84. The molecule has 1 aliphatic heterocycles. The van der Waals surface area contributed by atoms with Crippen LogP contribution in [0.25, 0.3) is 0 Å². The van der Waals surface area contributed by atoms with Gasteiger partial charge in [0.1, 0.15) is 0 Å². The maximum absolute atomic E-state index is 12.1. The Morgan fingerprint density at radius 2 is 2.19 bits per heavy atom. The van der Waals surface area contributed by atoms with Gasteiger partial charge in [-0.05, 0) is 49.9 Å². The maximum Gasteiger partial charge on any atom is 0.234 e. The zero-order valence-electron chi connectivity index (χ0n) is 12.4. The van der Waals surface area contributed by atoms with Gasteiger partial charge in [0.25, 0.3) is 0 Å². The number of rotatable bonds is 5. The summed E-state index contributed by atoms with van der Waals surface area (Å²) in [7, 11) is 0. The highest BCUT2D eigenvalue weighted by Gasteiger charge is 2.21. The zero-order chi connectivity index (χ0) is 15.2. The van der Waals surface area contributed by atoms with Crippen LogP contribution in [0, 0.1) is 5.92 Å². The van der Waals surface area contributed by atoms with Crippen LogP contribution in [0.2, 0.25) is 5.02 Å². The van der Waals surface area contributed by atoms with E-state index >= 15 is 0 Å². The van der Waals surface area contributed by atoms with Crippen molar-refractivity contribution in [3.05, 3.63) is 34.9 Å². The lowest BCUT2D eigenvalue weighted by Gasteiger charge is -2.31. The minimum absolute atomic E-state index is 0.0241. The Labute approximate surface area is 131 Å². The van der Waals surface area contributed by atoms with Crippen molar-refractivity contribution in [2.24, 2.45) is 5.92 Å². The van der Waals surface area contributed by atoms with Gasteiger partial charge in [-0.2, -0.15) is 0 Å². The first-order valence-electron chi connectivity index (χ1n) is 7.46. The molecule has 2 atom stereocenters. The normalized spacial score (nSPS) is 21.0. The number of carbonyl (C=O) groups is 1. The summed E-state index contributed by atoms with van der Waals surface area (Å²) >= 11 is 5.86. The molecule has 0 bridgehead atoms. The summed E-state index contributed by atoms with van der Waals surface area (Å²) in [4.78, 5) is 14.2. The lowest BCUT2D eigenvalue weighted by atomic mass is 9.99. The molecule has 1 heterocycles. The fraction of sp³-hybridized carbons (Fsp3) is 0.562. The van der Waals surface area contributed by atoms with Crippen LogP contribution < -0.4 is 5.32 Å². The predicted octanol–water partition coefficient (Wildman–Crippen LogP) is 2.22. The molecule has 0 aromatic heterocycles. The molecule has 2 unspecified atom stereocenters. The Bertz CT molecular complexity index is 464. The number of nitrogens with zero attached hydrogens (tertiary/aromatic N) is 1. The number of halogens is 1. The Morgan fingerprint density at radius 1 is 1.48 bits per heavy atom. The van der Waals surface area contributed by atoms with Gasteiger partial charge in [-0.15, -0.1) is 0 Å². The minimum atomic E-state index is -0.0341. The van der Waals surface area contributed by atoms with Crippen molar-refractivity contribution in [1.82, 2.24) is 10.2 Å². The number of benzene rings is 1. The third-order valence-electron chi connectivity index (χ3n) is 3.98. The highest BCUT2D eigenvalue weighted by Crippen LogP contribution is 2.17. The predicted molar refractivity (Wildman–Crippen MR) is 84.3 cm³/mol. The maximum atomic E-state index is 12.1. The molecule has 5 heteroatoms. The number of aliphatic hydroxyl groups excluding tert-OH is 1. The molecule has 0 radical (unpaired) electrons. The van der Waals surface area contributed by atoms with E-state index in [1.807, 2.05) is 31.2 Å². The van der Waals surface area contributed by atoms with Crippen molar-refractivity contribution >= 4 is 17.5 Å². The van der Waals surface area contributed by atoms with Gasteiger partial charge in [0, 0.05) is 18.2 Å². The smallest absolute Gasteiger partial charge is 0.234 e. The van der Waals surface area contributed by atoms with Crippen LogP contribution in [0.4, 0.5) is 0 Å². The first-order chi connectivity index (χ1) is 10.1. The molecular formula is C16H23ClN2O2. The van der Waals surface area contributed by atoms with Crippen LogP contribution in [-0.4, -0.2) is 42.2 Å². The second-order valence-corrected chi connectivity index (χ2v) is 6.20. The standard InChI is InChI=1S/C16H23ClN2O2/c1-12(14-4-6-15(17)7-5-14)18-16(21)10-19-8-2-3-13(9-19)11-20/h4-7,12-13,20H,2-3,8-11H2,1H3,(H,18,21). The highest BCUT2D eigenvalue weighted by atomic mass is 35.5. The van der Waals surface area contributed by atoms with Crippen LogP contribution >= 0.6 is 11.6 Å². The lowest BCUT2D eigenvalue weighted by Crippen LogP contribution is -2.43. The molecule has 1 saturated heterocycles. The molecule has 1 amide bonds. The third-order valence-corrected chi connectivity index (χ3v) is 4.23. The Hall–Kier alpha value is -1.10. The first kappa shape index (κ1) is 16.3. The Balaban J connectivity index is 1.82. The number of piperidine rings is 1. The summed E-state index contributed by atoms with van der Waals surface area (Å²) in [5, 5.41) is 12.9. The zero-order valence-corrected chi connectivity index (χ0v) is 13.1. The third kappa shape index (κ3) is 4.99. The van der Waals surface area contributed by atoms with E-state index in [-0.39, 0.29) is 18.6 Å². The number of amides is 1. The number of aliphatic hydroxyl groups is 1. The summed E-state index contributed by atoms with van der Waals surface area (Å²) in [6.07, 6.45) is 2.10. The van der Waals surface area contributed by atoms with Crippen LogP contribution in [0.15, 0.2) is 24.3 Å². The van der Waals surface area contributed by atoms with E-state index in [2.05, 4.69) is 10.2 Å². The molecule has 21 heavy (non-hydrogen) atoms. The van der Waals surface area contributed by atoms with Crippen molar-refractivity contribution in [3.8, 4) is 0 Å². The van der Waals surface area contributed by atoms with E-state index in [1.165, 1.54) is 0 Å². The Kier molecular flexibility index (Phi) is 6.03. The molecule has 2 N–H and O–H groups in total. The van der Waals surface area contributed by atoms with Gasteiger partial charge in [-0.1, -0.05) is 23.7 Å². The van der Waals surface area contributed by atoms with E-state index in [4.69, 9.17) is 11.6 Å².